The molecule has 1 aromatic carbocycles. The highest BCUT2D eigenvalue weighted by atomic mass is 32.1. The molecule has 2 aliphatic heterocycles. The minimum Gasteiger partial charge on any atom is -0.491 e. The molecule has 3 unspecified atom stereocenters. The van der Waals surface area contributed by atoms with Gasteiger partial charge in [-0.2, -0.15) is 0 Å². The number of aliphatic hydroxyl groups is 1. The predicted octanol–water partition coefficient (Wildman–Crippen LogP) is 4.96. The van der Waals surface area contributed by atoms with Crippen LogP contribution in [0.4, 0.5) is 16.2 Å². The van der Waals surface area contributed by atoms with Gasteiger partial charge < -0.3 is 36.3 Å². The molecule has 43 heavy (non-hydrogen) atoms. The van der Waals surface area contributed by atoms with E-state index in [4.69, 9.17) is 21.3 Å². The molecule has 0 saturated carbocycles. The van der Waals surface area contributed by atoms with Crippen LogP contribution in [0, 0.1) is 25.7 Å². The number of aliphatic hydroxyl groups excluding tert-OH is 1. The highest BCUT2D eigenvalue weighted by molar-refractivity contribution is 7.19. The van der Waals surface area contributed by atoms with Crippen molar-refractivity contribution in [1.82, 2.24) is 10.3 Å². The number of nitrogen functional groups attached to an aromatic ring is 1. The number of benzene rings is 1. The normalized spacial score (nSPS) is 18.3. The third kappa shape index (κ3) is 10.00. The van der Waals surface area contributed by atoms with Crippen LogP contribution in [0.1, 0.15) is 56.7 Å². The number of amides is 2. The molecule has 3 atom stereocenters. The van der Waals surface area contributed by atoms with Crippen molar-refractivity contribution in [2.75, 3.05) is 36.9 Å². The molecule has 236 valence electrons. The SMILES string of the molecule is CC(C)(C)OC(N)=O.CC(CCO)C1CCN(c2ccc3c(c2)OCC(NC=O)C3)C1.Cc1ccc2c(N)c(C)sc2n1. The van der Waals surface area contributed by atoms with Crippen LogP contribution in [0.2, 0.25) is 0 Å². The Kier molecular flexibility index (Phi) is 12.0. The van der Waals surface area contributed by atoms with E-state index in [1.54, 1.807) is 32.1 Å². The fraction of sp³-hybridized carbons (Fsp3) is 0.531. The summed E-state index contributed by atoms with van der Waals surface area (Å²) in [6, 6.07) is 10.5. The smallest absolute Gasteiger partial charge is 0.405 e. The maximum atomic E-state index is 10.6. The number of nitrogens with zero attached hydrogens (tertiary/aromatic N) is 2. The molecular formula is C32H47N5O5S. The number of anilines is 2. The number of ether oxygens (including phenoxy) is 2. The lowest BCUT2D eigenvalue weighted by molar-refractivity contribution is -0.110. The second-order valence-corrected chi connectivity index (χ2v) is 13.4. The van der Waals surface area contributed by atoms with Crippen LogP contribution >= 0.6 is 11.3 Å². The minimum absolute atomic E-state index is 0.0707. The summed E-state index contributed by atoms with van der Waals surface area (Å²) in [4.78, 5) is 29.6. The third-order valence-corrected chi connectivity index (χ3v) is 8.60. The molecule has 10 nitrogen and oxygen atoms in total. The van der Waals surface area contributed by atoms with Gasteiger partial charge in [0, 0.05) is 47.4 Å². The lowest BCUT2D eigenvalue weighted by atomic mass is 9.91. The van der Waals surface area contributed by atoms with Gasteiger partial charge in [0.25, 0.3) is 0 Å². The van der Waals surface area contributed by atoms with Crippen molar-refractivity contribution in [3.63, 3.8) is 0 Å². The van der Waals surface area contributed by atoms with Crippen molar-refractivity contribution in [3.8, 4) is 5.75 Å². The number of carbonyl (C=O) groups is 2. The van der Waals surface area contributed by atoms with E-state index in [0.717, 1.165) is 70.1 Å². The topological polar surface area (TPSA) is 153 Å². The third-order valence-electron chi connectivity index (χ3n) is 7.57. The summed E-state index contributed by atoms with van der Waals surface area (Å²) in [6.45, 7) is 14.5. The summed E-state index contributed by atoms with van der Waals surface area (Å²) in [7, 11) is 0. The maximum absolute atomic E-state index is 10.6. The molecular weight excluding hydrogens is 566 g/mol. The van der Waals surface area contributed by atoms with E-state index in [2.05, 4.69) is 45.1 Å². The van der Waals surface area contributed by atoms with Crippen molar-refractivity contribution in [1.29, 1.82) is 0 Å². The average molecular weight is 614 g/mol. The Bertz CT molecular complexity index is 1370. The lowest BCUT2D eigenvalue weighted by Gasteiger charge is -2.27. The van der Waals surface area contributed by atoms with Crippen LogP contribution in [-0.2, 0) is 16.0 Å². The van der Waals surface area contributed by atoms with Crippen molar-refractivity contribution in [2.45, 2.75) is 72.4 Å². The zero-order chi connectivity index (χ0) is 31.7. The highest BCUT2D eigenvalue weighted by Crippen LogP contribution is 2.34. The van der Waals surface area contributed by atoms with Crippen molar-refractivity contribution in [3.05, 3.63) is 46.5 Å². The number of carbonyl (C=O) groups excluding carboxylic acids is 2. The van der Waals surface area contributed by atoms with Crippen molar-refractivity contribution >= 4 is 45.4 Å². The first-order valence-electron chi connectivity index (χ1n) is 14.7. The van der Waals surface area contributed by atoms with Gasteiger partial charge in [-0.05, 0) is 89.5 Å². The highest BCUT2D eigenvalue weighted by Gasteiger charge is 2.28. The standard InChI is InChI=1S/C18H26N2O3.C9H10N2S.C5H11NO2/c1-13(5-7-21)15-4-6-20(10-15)17-3-2-14-8-16(19-12-22)11-23-18(14)9-17;1-5-3-4-7-8(10)6(2)12-9(7)11-5;1-5(2,3)8-4(6)7/h2-3,9,12-13,15-16,21H,4-8,10-11H2,1H3,(H,19,22);3-4H,10H2,1-2H3;1-3H3,(H2,6,7). The number of hydrogen-bond acceptors (Lipinski definition) is 9. The Morgan fingerprint density at radius 2 is 2.05 bits per heavy atom. The average Bonchev–Trinajstić information content (AvgIpc) is 3.53. The fourth-order valence-electron chi connectivity index (χ4n) is 5.19. The van der Waals surface area contributed by atoms with Gasteiger partial charge in [0.1, 0.15) is 22.8 Å². The number of primary amides is 1. The van der Waals surface area contributed by atoms with E-state index in [0.29, 0.717) is 18.4 Å². The number of nitrogens with two attached hydrogens (primary N) is 2. The number of fused-ring (bicyclic) bond motifs is 2. The number of rotatable bonds is 6. The van der Waals surface area contributed by atoms with Gasteiger partial charge in [-0.25, -0.2) is 9.78 Å². The number of nitrogens with one attached hydrogen (secondary N) is 1. The number of aromatic nitrogens is 1. The summed E-state index contributed by atoms with van der Waals surface area (Å²) in [5, 5.41) is 13.0. The fourth-order valence-corrected chi connectivity index (χ4v) is 6.18. The molecule has 0 bridgehead atoms. The molecule has 0 aliphatic carbocycles. The molecule has 2 aromatic heterocycles. The maximum Gasteiger partial charge on any atom is 0.405 e. The van der Waals surface area contributed by atoms with Crippen LogP contribution in [-0.4, -0.2) is 60.5 Å². The van der Waals surface area contributed by atoms with Gasteiger partial charge in [0.05, 0.1) is 11.7 Å². The van der Waals surface area contributed by atoms with E-state index in [-0.39, 0.29) is 12.6 Å². The Balaban J connectivity index is 0.000000210. The Morgan fingerprint density at radius 1 is 1.30 bits per heavy atom. The first-order chi connectivity index (χ1) is 20.3. The molecule has 4 heterocycles. The van der Waals surface area contributed by atoms with E-state index >= 15 is 0 Å². The van der Waals surface area contributed by atoms with Crippen molar-refractivity contribution < 1.29 is 24.2 Å². The predicted molar refractivity (Wildman–Crippen MR) is 174 cm³/mol. The molecule has 6 N–H and O–H groups in total. The van der Waals surface area contributed by atoms with Crippen LogP contribution in [0.5, 0.6) is 5.75 Å². The Labute approximate surface area is 258 Å². The van der Waals surface area contributed by atoms with Gasteiger partial charge in [0.15, 0.2) is 0 Å². The van der Waals surface area contributed by atoms with E-state index in [9.17, 15) is 9.59 Å². The summed E-state index contributed by atoms with van der Waals surface area (Å²) >= 11 is 1.66. The summed E-state index contributed by atoms with van der Waals surface area (Å²) in [5.41, 5.74) is 14.4. The lowest BCUT2D eigenvalue weighted by Crippen LogP contribution is -2.38. The minimum atomic E-state index is -0.725. The second-order valence-electron chi connectivity index (χ2n) is 12.2. The first-order valence-corrected chi connectivity index (χ1v) is 15.5. The number of thiophene rings is 1. The Morgan fingerprint density at radius 3 is 2.67 bits per heavy atom. The van der Waals surface area contributed by atoms with E-state index in [1.165, 1.54) is 12.1 Å². The Hall–Kier alpha value is -3.57. The summed E-state index contributed by atoms with van der Waals surface area (Å²) in [5.74, 6) is 2.16. The van der Waals surface area contributed by atoms with Crippen LogP contribution in [0.15, 0.2) is 30.3 Å². The van der Waals surface area contributed by atoms with E-state index < -0.39 is 11.7 Å². The zero-order valence-electron chi connectivity index (χ0n) is 26.2. The number of aryl methyl sites for hydroxylation is 2. The molecule has 1 saturated heterocycles. The van der Waals surface area contributed by atoms with Gasteiger partial charge in [-0.3, -0.25) is 4.79 Å². The molecule has 11 heteroatoms. The molecule has 1 fully saturated rings. The number of pyridine rings is 1. The quantitative estimate of drug-likeness (QED) is 0.285. The van der Waals surface area contributed by atoms with Crippen molar-refractivity contribution in [2.24, 2.45) is 17.6 Å². The summed E-state index contributed by atoms with van der Waals surface area (Å²) in [6.07, 6.45) is 2.91. The monoisotopic (exact) mass is 613 g/mol. The van der Waals surface area contributed by atoms with Gasteiger partial charge >= 0.3 is 6.09 Å². The molecule has 5 rings (SSSR count). The van der Waals surface area contributed by atoms with Crippen LogP contribution in [0.25, 0.3) is 10.2 Å². The largest absolute Gasteiger partial charge is 0.491 e. The molecule has 0 spiro atoms. The molecule has 2 aliphatic rings. The molecule has 3 aromatic rings. The summed E-state index contributed by atoms with van der Waals surface area (Å²) < 4.78 is 10.4. The van der Waals surface area contributed by atoms with Gasteiger partial charge in [-0.15, -0.1) is 11.3 Å². The van der Waals surface area contributed by atoms with E-state index in [1.807, 2.05) is 26.0 Å². The van der Waals surface area contributed by atoms with Gasteiger partial charge in [0.2, 0.25) is 6.41 Å². The van der Waals surface area contributed by atoms with Gasteiger partial charge in [-0.1, -0.05) is 13.0 Å². The zero-order valence-corrected chi connectivity index (χ0v) is 27.0. The van der Waals surface area contributed by atoms with Crippen LogP contribution in [0.3, 0.4) is 0 Å². The molecule has 0 radical (unpaired) electrons. The van der Waals surface area contributed by atoms with Crippen LogP contribution < -0.4 is 26.4 Å². The second kappa shape index (κ2) is 15.2. The molecule has 2 amide bonds. The number of hydrogen-bond donors (Lipinski definition) is 4. The first kappa shape index (κ1) is 33.9.